The van der Waals surface area contributed by atoms with Crippen molar-refractivity contribution in [2.24, 2.45) is 0 Å². The van der Waals surface area contributed by atoms with E-state index in [0.29, 0.717) is 17.7 Å². The average molecular weight is 604 g/mol. The van der Waals surface area contributed by atoms with E-state index >= 15 is 0 Å². The molecule has 0 saturated carbocycles. The van der Waals surface area contributed by atoms with Gasteiger partial charge in [-0.05, 0) is 67.8 Å². The lowest BCUT2D eigenvalue weighted by atomic mass is 10.1. The molecule has 0 radical (unpaired) electrons. The highest BCUT2D eigenvalue weighted by molar-refractivity contribution is 7.92. The van der Waals surface area contributed by atoms with Crippen molar-refractivity contribution < 1.29 is 27.1 Å². The maximum Gasteiger partial charge on any atom is 0.264 e. The summed E-state index contributed by atoms with van der Waals surface area (Å²) in [5.74, 6) is -1.08. The highest BCUT2D eigenvalue weighted by atomic mass is 35.5. The van der Waals surface area contributed by atoms with Crippen LogP contribution in [0.4, 0.5) is 10.1 Å². The Morgan fingerprint density at radius 2 is 1.66 bits per heavy atom. The lowest BCUT2D eigenvalue weighted by Gasteiger charge is -2.33. The van der Waals surface area contributed by atoms with Crippen LogP contribution in [0, 0.1) is 5.82 Å². The Bertz CT molecular complexity index is 1440. The molecule has 0 saturated heterocycles. The van der Waals surface area contributed by atoms with Gasteiger partial charge in [0.25, 0.3) is 10.0 Å². The molecule has 0 bridgehead atoms. The number of carbonyl (C=O) groups excluding carboxylic acids is 2. The number of anilines is 1. The minimum Gasteiger partial charge on any atom is -0.495 e. The summed E-state index contributed by atoms with van der Waals surface area (Å²) in [7, 11) is -2.80. The summed E-state index contributed by atoms with van der Waals surface area (Å²) >= 11 is 6.34. The van der Waals surface area contributed by atoms with Gasteiger partial charge in [-0.15, -0.1) is 0 Å². The highest BCUT2D eigenvalue weighted by Crippen LogP contribution is 2.32. The van der Waals surface area contributed by atoms with E-state index in [-0.39, 0.29) is 40.5 Å². The first kappa shape index (κ1) is 31.9. The molecule has 0 fully saturated rings. The molecule has 2 atom stereocenters. The first-order valence-corrected chi connectivity index (χ1v) is 15.1. The molecule has 3 aromatic carbocycles. The molecule has 2 amide bonds. The number of rotatable bonds is 13. The molecular formula is C30H35ClFN3O5S. The fourth-order valence-corrected chi connectivity index (χ4v) is 5.88. The van der Waals surface area contributed by atoms with Gasteiger partial charge < -0.3 is 15.0 Å². The minimum absolute atomic E-state index is 0.0219. The second-order valence-corrected chi connectivity index (χ2v) is 11.8. The van der Waals surface area contributed by atoms with Crippen molar-refractivity contribution in [1.82, 2.24) is 10.2 Å². The van der Waals surface area contributed by atoms with Crippen molar-refractivity contribution in [2.45, 2.75) is 57.1 Å². The van der Waals surface area contributed by atoms with Gasteiger partial charge in [0.05, 0.1) is 22.7 Å². The van der Waals surface area contributed by atoms with Crippen LogP contribution in [0.15, 0.2) is 77.7 Å². The zero-order valence-corrected chi connectivity index (χ0v) is 25.1. The maximum absolute atomic E-state index is 14.1. The topological polar surface area (TPSA) is 96.0 Å². The van der Waals surface area contributed by atoms with E-state index in [2.05, 4.69) is 5.32 Å². The lowest BCUT2D eigenvalue weighted by molar-refractivity contribution is -0.140. The Hall–Kier alpha value is -3.63. The second-order valence-electron chi connectivity index (χ2n) is 9.53. The van der Waals surface area contributed by atoms with E-state index in [4.69, 9.17) is 16.3 Å². The number of ether oxygens (including phenoxy) is 1. The molecule has 1 N–H and O–H groups in total. The van der Waals surface area contributed by atoms with Gasteiger partial charge >= 0.3 is 0 Å². The average Bonchev–Trinajstić information content (AvgIpc) is 2.96. The summed E-state index contributed by atoms with van der Waals surface area (Å²) in [5, 5.41) is 3.08. The van der Waals surface area contributed by atoms with E-state index < -0.39 is 34.3 Å². The standard InChI is InChI=1S/C30H35ClFN3O5S/c1-5-21(3)33-30(37)27(6-2)34(19-22-12-14-23(32)15-13-22)29(36)20-35(24-16-17-28(40-4)26(31)18-24)41(38,39)25-10-8-7-9-11-25/h7-18,21,27H,5-6,19-20H2,1-4H3,(H,33,37)/t21-,27+/m0/s1. The van der Waals surface area contributed by atoms with Gasteiger partial charge in [-0.3, -0.25) is 13.9 Å². The third kappa shape index (κ3) is 7.98. The van der Waals surface area contributed by atoms with Crippen LogP contribution >= 0.6 is 11.6 Å². The van der Waals surface area contributed by atoms with Crippen molar-refractivity contribution >= 4 is 39.1 Å². The number of methoxy groups -OCH3 is 1. The largest absolute Gasteiger partial charge is 0.495 e. The fourth-order valence-electron chi connectivity index (χ4n) is 4.21. The molecule has 220 valence electrons. The van der Waals surface area contributed by atoms with Crippen molar-refractivity contribution in [3.63, 3.8) is 0 Å². The van der Waals surface area contributed by atoms with Crippen LogP contribution in [0.2, 0.25) is 5.02 Å². The Balaban J connectivity index is 2.08. The van der Waals surface area contributed by atoms with E-state index in [1.54, 1.807) is 25.1 Å². The number of amides is 2. The number of sulfonamides is 1. The van der Waals surface area contributed by atoms with Crippen LogP contribution in [-0.4, -0.2) is 50.9 Å². The van der Waals surface area contributed by atoms with E-state index in [0.717, 1.165) is 4.31 Å². The van der Waals surface area contributed by atoms with E-state index in [1.165, 1.54) is 66.6 Å². The molecular weight excluding hydrogens is 569 g/mol. The first-order valence-electron chi connectivity index (χ1n) is 13.3. The van der Waals surface area contributed by atoms with Crippen LogP contribution in [0.25, 0.3) is 0 Å². The highest BCUT2D eigenvalue weighted by Gasteiger charge is 2.34. The number of hydrogen-bond acceptors (Lipinski definition) is 5. The molecule has 0 aliphatic rings. The molecule has 8 nitrogen and oxygen atoms in total. The molecule has 3 rings (SSSR count). The summed E-state index contributed by atoms with van der Waals surface area (Å²) in [4.78, 5) is 28.7. The molecule has 0 unspecified atom stereocenters. The third-order valence-electron chi connectivity index (χ3n) is 6.69. The summed E-state index contributed by atoms with van der Waals surface area (Å²) < 4.78 is 47.5. The number of nitrogens with zero attached hydrogens (tertiary/aromatic N) is 2. The van der Waals surface area contributed by atoms with Crippen LogP contribution in [0.5, 0.6) is 5.75 Å². The van der Waals surface area contributed by atoms with Gasteiger partial charge in [0, 0.05) is 12.6 Å². The number of halogens is 2. The third-order valence-corrected chi connectivity index (χ3v) is 8.77. The lowest BCUT2D eigenvalue weighted by Crippen LogP contribution is -2.53. The second kappa shape index (κ2) is 14.3. The van der Waals surface area contributed by atoms with Crippen LogP contribution in [0.3, 0.4) is 0 Å². The quantitative estimate of drug-likeness (QED) is 0.282. The summed E-state index contributed by atoms with van der Waals surface area (Å²) in [6, 6.07) is 16.7. The van der Waals surface area contributed by atoms with Gasteiger partial charge in [0.2, 0.25) is 11.8 Å². The zero-order chi connectivity index (χ0) is 30.2. The molecule has 41 heavy (non-hydrogen) atoms. The van der Waals surface area contributed by atoms with Crippen molar-refractivity contribution in [3.8, 4) is 5.75 Å². The van der Waals surface area contributed by atoms with Gasteiger partial charge in [-0.1, -0.05) is 55.8 Å². The van der Waals surface area contributed by atoms with Gasteiger partial charge in [-0.25, -0.2) is 12.8 Å². The summed E-state index contributed by atoms with van der Waals surface area (Å²) in [6.45, 7) is 4.91. The fraction of sp³-hybridized carbons (Fsp3) is 0.333. The monoisotopic (exact) mass is 603 g/mol. The molecule has 0 aromatic heterocycles. The van der Waals surface area contributed by atoms with Gasteiger partial charge in [-0.2, -0.15) is 0 Å². The van der Waals surface area contributed by atoms with E-state index in [9.17, 15) is 22.4 Å². The SMILES string of the molecule is CC[C@H](C(=O)N[C@@H](C)CC)N(Cc1ccc(F)cc1)C(=O)CN(c1ccc(OC)c(Cl)c1)S(=O)(=O)c1ccccc1. The smallest absolute Gasteiger partial charge is 0.264 e. The summed E-state index contributed by atoms with van der Waals surface area (Å²) in [6.07, 6.45) is 0.963. The van der Waals surface area contributed by atoms with Crippen LogP contribution in [0.1, 0.15) is 39.2 Å². The normalized spacial score (nSPS) is 12.7. The van der Waals surface area contributed by atoms with Gasteiger partial charge in [0.15, 0.2) is 0 Å². The van der Waals surface area contributed by atoms with Crippen molar-refractivity contribution in [3.05, 3.63) is 89.2 Å². The molecule has 0 aliphatic heterocycles. The Morgan fingerprint density at radius 1 is 1.00 bits per heavy atom. The molecule has 11 heteroatoms. The zero-order valence-electron chi connectivity index (χ0n) is 23.5. The Kier molecular flexibility index (Phi) is 11.1. The Morgan fingerprint density at radius 3 is 2.22 bits per heavy atom. The van der Waals surface area contributed by atoms with Crippen molar-refractivity contribution in [2.75, 3.05) is 18.0 Å². The van der Waals surface area contributed by atoms with Crippen molar-refractivity contribution in [1.29, 1.82) is 0 Å². The molecule has 0 aliphatic carbocycles. The first-order chi connectivity index (χ1) is 19.5. The minimum atomic E-state index is -4.24. The number of nitrogens with one attached hydrogen (secondary N) is 1. The van der Waals surface area contributed by atoms with Crippen LogP contribution < -0.4 is 14.4 Å². The predicted molar refractivity (Wildman–Crippen MR) is 158 cm³/mol. The molecule has 3 aromatic rings. The number of hydrogen-bond donors (Lipinski definition) is 1. The molecule has 0 heterocycles. The predicted octanol–water partition coefficient (Wildman–Crippen LogP) is 5.41. The van der Waals surface area contributed by atoms with Gasteiger partial charge in [0.1, 0.15) is 24.2 Å². The molecule has 0 spiro atoms. The summed E-state index contributed by atoms with van der Waals surface area (Å²) in [5.41, 5.74) is 0.728. The van der Waals surface area contributed by atoms with Crippen LogP contribution in [-0.2, 0) is 26.2 Å². The maximum atomic E-state index is 14.1. The Labute approximate surface area is 246 Å². The van der Waals surface area contributed by atoms with E-state index in [1.807, 2.05) is 13.8 Å². The number of benzene rings is 3. The number of carbonyl (C=O) groups is 2.